The highest BCUT2D eigenvalue weighted by Gasteiger charge is 2.21. The summed E-state index contributed by atoms with van der Waals surface area (Å²) < 4.78 is 0. The first-order valence-corrected chi connectivity index (χ1v) is 11.8. The van der Waals surface area contributed by atoms with Gasteiger partial charge in [0.2, 0.25) is 0 Å². The van der Waals surface area contributed by atoms with Gasteiger partial charge in [-0.15, -0.1) is 35.3 Å². The zero-order chi connectivity index (χ0) is 20.3. The summed E-state index contributed by atoms with van der Waals surface area (Å²) in [4.78, 5) is 13.3. The van der Waals surface area contributed by atoms with Crippen LogP contribution in [0.3, 0.4) is 0 Å². The Morgan fingerprint density at radius 3 is 2.77 bits per heavy atom. The molecule has 166 valence electrons. The number of rotatable bonds is 10. The number of aliphatic imine (C=N–C) groups is 1. The van der Waals surface area contributed by atoms with Crippen LogP contribution >= 0.6 is 35.3 Å². The Morgan fingerprint density at radius 1 is 1.20 bits per heavy atom. The molecule has 1 atom stereocenters. The molecular formula is C23H36IN5S. The molecule has 2 heterocycles. The third-order valence-corrected chi connectivity index (χ3v) is 6.56. The first-order chi connectivity index (χ1) is 14.3. The van der Waals surface area contributed by atoms with Crippen LogP contribution in [0.5, 0.6) is 0 Å². The molecule has 30 heavy (non-hydrogen) atoms. The van der Waals surface area contributed by atoms with Gasteiger partial charge in [0.1, 0.15) is 0 Å². The maximum absolute atomic E-state index is 4.85. The van der Waals surface area contributed by atoms with Gasteiger partial charge < -0.3 is 15.5 Å². The van der Waals surface area contributed by atoms with Gasteiger partial charge in [-0.3, -0.25) is 4.99 Å². The first kappa shape index (κ1) is 25.1. The maximum Gasteiger partial charge on any atom is 0.191 e. The van der Waals surface area contributed by atoms with E-state index >= 15 is 0 Å². The average Bonchev–Trinajstić information content (AvgIpc) is 3.40. The number of hydrogen-bond donors (Lipinski definition) is 2. The maximum atomic E-state index is 4.85. The topological polar surface area (TPSA) is 52.6 Å². The van der Waals surface area contributed by atoms with Gasteiger partial charge in [-0.1, -0.05) is 37.3 Å². The van der Waals surface area contributed by atoms with Gasteiger partial charge >= 0.3 is 0 Å². The second-order valence-electron chi connectivity index (χ2n) is 7.66. The molecule has 2 aromatic rings. The van der Waals surface area contributed by atoms with Gasteiger partial charge in [0.25, 0.3) is 0 Å². The monoisotopic (exact) mass is 541 g/mol. The molecule has 3 rings (SSSR count). The molecule has 0 radical (unpaired) electrons. The highest BCUT2D eigenvalue weighted by atomic mass is 127. The Morgan fingerprint density at radius 2 is 2.03 bits per heavy atom. The Balaban J connectivity index is 0.00000320. The molecule has 1 aromatic carbocycles. The second-order valence-corrected chi connectivity index (χ2v) is 8.86. The molecule has 1 aliphatic heterocycles. The molecule has 0 amide bonds. The van der Waals surface area contributed by atoms with Gasteiger partial charge in [0, 0.05) is 50.2 Å². The van der Waals surface area contributed by atoms with Crippen LogP contribution in [0.1, 0.15) is 35.7 Å². The molecule has 7 heteroatoms. The van der Waals surface area contributed by atoms with Crippen molar-refractivity contribution < 1.29 is 0 Å². The van der Waals surface area contributed by atoms with Crippen molar-refractivity contribution in [2.24, 2.45) is 10.9 Å². The molecule has 0 bridgehead atoms. The molecule has 0 aliphatic carbocycles. The Bertz CT molecular complexity index is 749. The van der Waals surface area contributed by atoms with Crippen LogP contribution in [0.15, 0.2) is 41.5 Å². The standard InChI is InChI=1S/C23H35N5S.HI/c1-3-21-17-26-22(29-21)10-13-25-23(24-4-2)27-16-20-12-15-28(18-20)14-11-19-8-6-5-7-9-19;/h5-9,17,20H,3-4,10-16,18H2,1-2H3,(H2,24,25,27);1H. The van der Waals surface area contributed by atoms with E-state index in [0.29, 0.717) is 5.92 Å². The minimum atomic E-state index is 0. The lowest BCUT2D eigenvalue weighted by Gasteiger charge is -2.16. The highest BCUT2D eigenvalue weighted by Crippen LogP contribution is 2.17. The van der Waals surface area contributed by atoms with Crippen molar-refractivity contribution in [3.63, 3.8) is 0 Å². The number of aryl methyl sites for hydroxylation is 1. The number of halogens is 1. The van der Waals surface area contributed by atoms with Crippen LogP contribution in [0.25, 0.3) is 0 Å². The highest BCUT2D eigenvalue weighted by molar-refractivity contribution is 14.0. The van der Waals surface area contributed by atoms with Crippen molar-refractivity contribution in [3.05, 3.63) is 52.0 Å². The normalized spacial score (nSPS) is 17.0. The van der Waals surface area contributed by atoms with E-state index in [9.17, 15) is 0 Å². The summed E-state index contributed by atoms with van der Waals surface area (Å²) in [5.41, 5.74) is 1.43. The molecule has 1 aliphatic rings. The number of aromatic nitrogens is 1. The molecule has 5 nitrogen and oxygen atoms in total. The number of hydrogen-bond acceptors (Lipinski definition) is 4. The quantitative estimate of drug-likeness (QED) is 0.272. The number of nitrogens with one attached hydrogen (secondary N) is 2. The van der Waals surface area contributed by atoms with Crippen molar-refractivity contribution in [2.75, 3.05) is 39.3 Å². The summed E-state index contributed by atoms with van der Waals surface area (Å²) in [6, 6.07) is 10.8. The summed E-state index contributed by atoms with van der Waals surface area (Å²) in [6.45, 7) is 10.5. The average molecular weight is 542 g/mol. The van der Waals surface area contributed by atoms with Crippen molar-refractivity contribution in [3.8, 4) is 0 Å². The molecular weight excluding hydrogens is 505 g/mol. The van der Waals surface area contributed by atoms with Crippen molar-refractivity contribution in [1.82, 2.24) is 20.5 Å². The minimum absolute atomic E-state index is 0. The molecule has 0 spiro atoms. The summed E-state index contributed by atoms with van der Waals surface area (Å²) in [5, 5.41) is 8.05. The fourth-order valence-corrected chi connectivity index (χ4v) is 4.54. The van der Waals surface area contributed by atoms with Crippen molar-refractivity contribution >= 4 is 41.3 Å². The molecule has 2 N–H and O–H groups in total. The molecule has 1 saturated heterocycles. The lowest BCUT2D eigenvalue weighted by Crippen LogP contribution is -2.38. The van der Waals surface area contributed by atoms with E-state index in [0.717, 1.165) is 57.9 Å². The summed E-state index contributed by atoms with van der Waals surface area (Å²) >= 11 is 1.82. The van der Waals surface area contributed by atoms with Crippen LogP contribution in [-0.2, 0) is 19.3 Å². The second kappa shape index (κ2) is 14.0. The van der Waals surface area contributed by atoms with E-state index in [-0.39, 0.29) is 24.0 Å². The number of thiazole rings is 1. The molecule has 1 fully saturated rings. The zero-order valence-electron chi connectivity index (χ0n) is 18.3. The first-order valence-electron chi connectivity index (χ1n) is 11.0. The van der Waals surface area contributed by atoms with Crippen molar-refractivity contribution in [1.29, 1.82) is 0 Å². The van der Waals surface area contributed by atoms with Crippen molar-refractivity contribution in [2.45, 2.75) is 39.5 Å². The van der Waals surface area contributed by atoms with Gasteiger partial charge in [-0.05, 0) is 44.2 Å². The Kier molecular flexibility index (Phi) is 11.7. The third kappa shape index (κ3) is 8.51. The lowest BCUT2D eigenvalue weighted by atomic mass is 10.1. The number of guanidine groups is 1. The number of nitrogens with zero attached hydrogens (tertiary/aromatic N) is 3. The molecule has 0 saturated carbocycles. The third-order valence-electron chi connectivity index (χ3n) is 5.36. The van der Waals surface area contributed by atoms with Gasteiger partial charge in [0.05, 0.1) is 5.01 Å². The van der Waals surface area contributed by atoms with Crippen LogP contribution in [0.2, 0.25) is 0 Å². The fraction of sp³-hybridized carbons (Fsp3) is 0.565. The Labute approximate surface area is 202 Å². The van der Waals surface area contributed by atoms with Crippen LogP contribution in [0.4, 0.5) is 0 Å². The Hall–Kier alpha value is -1.19. The lowest BCUT2D eigenvalue weighted by molar-refractivity contribution is 0.329. The largest absolute Gasteiger partial charge is 0.357 e. The summed E-state index contributed by atoms with van der Waals surface area (Å²) in [5.74, 6) is 1.59. The smallest absolute Gasteiger partial charge is 0.191 e. The zero-order valence-corrected chi connectivity index (χ0v) is 21.4. The summed E-state index contributed by atoms with van der Waals surface area (Å²) in [7, 11) is 0. The van der Waals surface area contributed by atoms with Crippen LogP contribution in [-0.4, -0.2) is 55.1 Å². The van der Waals surface area contributed by atoms with Gasteiger partial charge in [-0.2, -0.15) is 0 Å². The number of benzene rings is 1. The SMILES string of the molecule is CCNC(=NCC1CCN(CCc2ccccc2)C1)NCCc1ncc(CC)s1.I. The molecule has 1 aromatic heterocycles. The predicted octanol–water partition coefficient (Wildman–Crippen LogP) is 3.99. The summed E-state index contributed by atoms with van der Waals surface area (Å²) in [6.07, 6.45) is 6.40. The van der Waals surface area contributed by atoms with E-state index < -0.39 is 0 Å². The fourth-order valence-electron chi connectivity index (χ4n) is 3.67. The minimum Gasteiger partial charge on any atom is -0.357 e. The predicted molar refractivity (Wildman–Crippen MR) is 139 cm³/mol. The van der Waals surface area contributed by atoms with Gasteiger partial charge in [-0.25, -0.2) is 4.98 Å². The van der Waals surface area contributed by atoms with Gasteiger partial charge in [0.15, 0.2) is 5.96 Å². The number of likely N-dealkylation sites (tertiary alicyclic amines) is 1. The van der Waals surface area contributed by atoms with Crippen LogP contribution in [0, 0.1) is 5.92 Å². The van der Waals surface area contributed by atoms with E-state index in [4.69, 9.17) is 4.99 Å². The van der Waals surface area contributed by atoms with E-state index in [1.807, 2.05) is 17.5 Å². The van der Waals surface area contributed by atoms with E-state index in [1.54, 1.807) is 0 Å². The van der Waals surface area contributed by atoms with Crippen LogP contribution < -0.4 is 10.6 Å². The van der Waals surface area contributed by atoms with E-state index in [1.165, 1.54) is 28.4 Å². The molecule has 1 unspecified atom stereocenters. The van der Waals surface area contributed by atoms with E-state index in [2.05, 4.69) is 64.7 Å².